The van der Waals surface area contributed by atoms with Crippen LogP contribution in [-0.4, -0.2) is 22.2 Å². The lowest BCUT2D eigenvalue weighted by Gasteiger charge is -2.22. The van der Waals surface area contributed by atoms with E-state index in [1.54, 1.807) is 11.8 Å². The fourth-order valence-electron chi connectivity index (χ4n) is 2.07. The third-order valence-electron chi connectivity index (χ3n) is 3.20. The molecule has 0 fully saturated rings. The van der Waals surface area contributed by atoms with Crippen LogP contribution in [0.2, 0.25) is 0 Å². The van der Waals surface area contributed by atoms with Crippen LogP contribution in [-0.2, 0) is 0 Å². The second-order valence-electron chi connectivity index (χ2n) is 4.95. The first-order valence-electron chi connectivity index (χ1n) is 7.37. The van der Waals surface area contributed by atoms with Crippen LogP contribution >= 0.6 is 23.5 Å². The Labute approximate surface area is 136 Å². The Morgan fingerprint density at radius 3 is 2.05 bits per heavy atom. The van der Waals surface area contributed by atoms with E-state index in [4.69, 9.17) is 0 Å². The summed E-state index contributed by atoms with van der Waals surface area (Å²) in [6, 6.07) is 20.8. The molecule has 2 rings (SSSR count). The summed E-state index contributed by atoms with van der Waals surface area (Å²) < 4.78 is 0. The summed E-state index contributed by atoms with van der Waals surface area (Å²) in [6.45, 7) is 2.12. The first-order chi connectivity index (χ1) is 10.3. The van der Waals surface area contributed by atoms with Gasteiger partial charge in [-0.3, -0.25) is 0 Å². The van der Waals surface area contributed by atoms with Gasteiger partial charge in [-0.2, -0.15) is 0 Å². The molecule has 0 aromatic heterocycles. The van der Waals surface area contributed by atoms with Gasteiger partial charge in [-0.1, -0.05) is 49.7 Å². The van der Waals surface area contributed by atoms with Gasteiger partial charge in [0.15, 0.2) is 0 Å². The van der Waals surface area contributed by atoms with Crippen molar-refractivity contribution in [3.63, 3.8) is 0 Å². The van der Waals surface area contributed by atoms with Gasteiger partial charge in [-0.15, -0.1) is 23.5 Å². The zero-order chi connectivity index (χ0) is 14.9. The maximum Gasteiger partial charge on any atom is 0.0670 e. The number of hydrogen-bond donors (Lipinski definition) is 1. The van der Waals surface area contributed by atoms with Crippen LogP contribution in [0.1, 0.15) is 19.8 Å². The number of aliphatic hydroxyl groups excluding tert-OH is 1. The summed E-state index contributed by atoms with van der Waals surface area (Å²) in [6.07, 6.45) is 1.62. The zero-order valence-electron chi connectivity index (χ0n) is 12.3. The van der Waals surface area contributed by atoms with E-state index in [0.29, 0.717) is 0 Å². The van der Waals surface area contributed by atoms with Crippen molar-refractivity contribution in [1.29, 1.82) is 0 Å². The van der Waals surface area contributed by atoms with Crippen LogP contribution < -0.4 is 0 Å². The van der Waals surface area contributed by atoms with E-state index in [1.165, 1.54) is 9.79 Å². The van der Waals surface area contributed by atoms with E-state index in [-0.39, 0.29) is 11.4 Å². The molecule has 0 heterocycles. The molecule has 0 unspecified atom stereocenters. The van der Waals surface area contributed by atoms with E-state index in [0.717, 1.165) is 18.6 Å². The Morgan fingerprint density at radius 2 is 1.48 bits per heavy atom. The predicted octanol–water partition coefficient (Wildman–Crippen LogP) is 5.10. The minimum Gasteiger partial charge on any atom is -0.392 e. The van der Waals surface area contributed by atoms with Crippen molar-refractivity contribution in [2.75, 3.05) is 5.75 Å². The van der Waals surface area contributed by atoms with Gasteiger partial charge in [0.2, 0.25) is 0 Å². The molecule has 1 nitrogen and oxygen atoms in total. The summed E-state index contributed by atoms with van der Waals surface area (Å²) in [7, 11) is 0. The average Bonchev–Trinajstić information content (AvgIpc) is 2.53. The predicted molar refractivity (Wildman–Crippen MR) is 94.2 cm³/mol. The van der Waals surface area contributed by atoms with Crippen molar-refractivity contribution in [3.8, 4) is 0 Å². The van der Waals surface area contributed by atoms with Crippen molar-refractivity contribution < 1.29 is 5.11 Å². The molecule has 112 valence electrons. The monoisotopic (exact) mass is 318 g/mol. The van der Waals surface area contributed by atoms with Crippen LogP contribution in [0.4, 0.5) is 0 Å². The van der Waals surface area contributed by atoms with E-state index in [9.17, 15) is 5.11 Å². The third kappa shape index (κ3) is 5.77. The summed E-state index contributed by atoms with van der Waals surface area (Å²) in [5.41, 5.74) is 0. The number of benzene rings is 2. The lowest BCUT2D eigenvalue weighted by Crippen LogP contribution is -2.25. The Balaban J connectivity index is 1.98. The van der Waals surface area contributed by atoms with Gasteiger partial charge in [-0.25, -0.2) is 0 Å². The molecule has 0 aliphatic heterocycles. The summed E-state index contributed by atoms with van der Waals surface area (Å²) in [4.78, 5) is 2.49. The highest BCUT2D eigenvalue weighted by atomic mass is 32.2. The van der Waals surface area contributed by atoms with Gasteiger partial charge in [0.1, 0.15) is 0 Å². The number of thioether (sulfide) groups is 2. The van der Waals surface area contributed by atoms with E-state index in [1.807, 2.05) is 23.9 Å². The highest BCUT2D eigenvalue weighted by Gasteiger charge is 2.20. The number of aliphatic hydroxyl groups is 1. The van der Waals surface area contributed by atoms with Crippen molar-refractivity contribution in [3.05, 3.63) is 60.7 Å². The lowest BCUT2D eigenvalue weighted by molar-refractivity contribution is 0.166. The highest BCUT2D eigenvalue weighted by molar-refractivity contribution is 8.03. The van der Waals surface area contributed by atoms with Crippen molar-refractivity contribution >= 4 is 23.5 Å². The molecule has 1 N–H and O–H groups in total. The molecule has 0 amide bonds. The van der Waals surface area contributed by atoms with Crippen molar-refractivity contribution in [2.24, 2.45) is 0 Å². The quantitative estimate of drug-likeness (QED) is 0.684. The second kappa shape index (κ2) is 9.19. The fourth-order valence-corrected chi connectivity index (χ4v) is 4.44. The molecule has 0 radical (unpaired) electrons. The van der Waals surface area contributed by atoms with E-state index in [2.05, 4.69) is 55.5 Å². The zero-order valence-corrected chi connectivity index (χ0v) is 13.9. The largest absolute Gasteiger partial charge is 0.392 e. The fraction of sp³-hybridized carbons (Fsp3) is 0.333. The molecule has 0 spiro atoms. The number of hydrogen-bond acceptors (Lipinski definition) is 3. The Morgan fingerprint density at radius 1 is 0.905 bits per heavy atom. The van der Waals surface area contributed by atoms with Crippen molar-refractivity contribution in [2.45, 2.75) is 40.9 Å². The SMILES string of the molecule is CCC[C@@H](O)[C@@H](CSc1ccccc1)Sc1ccccc1. The van der Waals surface area contributed by atoms with E-state index >= 15 is 0 Å². The maximum absolute atomic E-state index is 10.4. The Bertz CT molecular complexity index is 501. The van der Waals surface area contributed by atoms with Gasteiger partial charge in [0.05, 0.1) is 6.10 Å². The summed E-state index contributed by atoms with van der Waals surface area (Å²) in [5, 5.41) is 10.6. The van der Waals surface area contributed by atoms with Crippen molar-refractivity contribution in [1.82, 2.24) is 0 Å². The summed E-state index contributed by atoms with van der Waals surface area (Å²) in [5.74, 6) is 0.921. The smallest absolute Gasteiger partial charge is 0.0670 e. The summed E-state index contributed by atoms with van der Waals surface area (Å²) >= 11 is 3.61. The highest BCUT2D eigenvalue weighted by Crippen LogP contribution is 2.31. The van der Waals surface area contributed by atoms with Crippen LogP contribution in [0.5, 0.6) is 0 Å². The van der Waals surface area contributed by atoms with Gasteiger partial charge in [0.25, 0.3) is 0 Å². The molecule has 0 saturated heterocycles. The molecule has 0 aliphatic carbocycles. The molecule has 2 aromatic carbocycles. The maximum atomic E-state index is 10.4. The lowest BCUT2D eigenvalue weighted by atomic mass is 10.1. The van der Waals surface area contributed by atoms with Gasteiger partial charge >= 0.3 is 0 Å². The van der Waals surface area contributed by atoms with Gasteiger partial charge < -0.3 is 5.11 Å². The second-order valence-corrected chi connectivity index (χ2v) is 7.36. The topological polar surface area (TPSA) is 20.2 Å². The molecular formula is C18H22OS2. The first kappa shape index (κ1) is 16.5. The third-order valence-corrected chi connectivity index (χ3v) is 5.87. The molecular weight excluding hydrogens is 296 g/mol. The molecule has 0 bridgehead atoms. The minimum absolute atomic E-state index is 0.220. The van der Waals surface area contributed by atoms with Gasteiger partial charge in [0, 0.05) is 20.8 Å². The Kier molecular flexibility index (Phi) is 7.20. The van der Waals surface area contributed by atoms with Crippen LogP contribution in [0, 0.1) is 0 Å². The minimum atomic E-state index is -0.253. The first-order valence-corrected chi connectivity index (χ1v) is 9.23. The van der Waals surface area contributed by atoms with Crippen LogP contribution in [0.25, 0.3) is 0 Å². The molecule has 21 heavy (non-hydrogen) atoms. The average molecular weight is 319 g/mol. The standard InChI is InChI=1S/C18H22OS2/c1-2-9-17(19)18(21-16-12-7-4-8-13-16)14-20-15-10-5-3-6-11-15/h3-8,10-13,17-19H,2,9,14H2,1H3/t17-,18-/m1/s1. The normalized spacial score (nSPS) is 13.8. The molecule has 3 heteroatoms. The molecule has 0 saturated carbocycles. The molecule has 2 aromatic rings. The molecule has 2 atom stereocenters. The van der Waals surface area contributed by atoms with E-state index < -0.39 is 0 Å². The van der Waals surface area contributed by atoms with Gasteiger partial charge in [-0.05, 0) is 30.7 Å². The molecule has 0 aliphatic rings. The Hall–Kier alpha value is -0.900. The van der Waals surface area contributed by atoms with Crippen LogP contribution in [0.3, 0.4) is 0 Å². The number of rotatable bonds is 8. The van der Waals surface area contributed by atoms with Crippen LogP contribution in [0.15, 0.2) is 70.5 Å².